The molecule has 13 aromatic rings. The summed E-state index contributed by atoms with van der Waals surface area (Å²) in [6.45, 7) is 22.9. The monoisotopic (exact) mass is 1270 g/mol. The summed E-state index contributed by atoms with van der Waals surface area (Å²) >= 11 is 7.53. The molecule has 0 aromatic heterocycles. The van der Waals surface area contributed by atoms with Crippen molar-refractivity contribution in [2.45, 2.75) is 85.5 Å². The molecule has 0 N–H and O–H groups in total. The van der Waals surface area contributed by atoms with Gasteiger partial charge in [0.25, 0.3) is 6.71 Å². The van der Waals surface area contributed by atoms with Crippen molar-refractivity contribution in [3.8, 4) is 101 Å². The molecule has 0 bridgehead atoms. The van der Waals surface area contributed by atoms with Crippen LogP contribution in [0.25, 0.3) is 89.0 Å². The molecule has 2 nitrogen and oxygen atoms in total. The Hall–Kier alpha value is -10.6. The van der Waals surface area contributed by atoms with E-state index in [4.69, 9.17) is 11.6 Å². The van der Waals surface area contributed by atoms with Gasteiger partial charge < -0.3 is 9.80 Å². The first-order valence-corrected chi connectivity index (χ1v) is 34.4. The van der Waals surface area contributed by atoms with Gasteiger partial charge in [0.2, 0.25) is 0 Å². The zero-order valence-corrected chi connectivity index (χ0v) is 57.8. The molecular weight excluding hydrogens is 1190 g/mol. The van der Waals surface area contributed by atoms with Crippen LogP contribution in [0.5, 0.6) is 0 Å². The number of anilines is 6. The fourth-order valence-corrected chi connectivity index (χ4v) is 14.7. The molecular formula is C93H78BClN2. The van der Waals surface area contributed by atoms with E-state index < -0.39 is 0 Å². The van der Waals surface area contributed by atoms with Gasteiger partial charge in [0.15, 0.2) is 0 Å². The average Bonchev–Trinajstić information content (AvgIpc) is 0.688. The predicted octanol–water partition coefficient (Wildman–Crippen LogP) is 24.0. The summed E-state index contributed by atoms with van der Waals surface area (Å²) in [4.78, 5) is 5.27. The minimum absolute atomic E-state index is 0.215. The zero-order chi connectivity index (χ0) is 66.9. The molecule has 4 heteroatoms. The molecule has 2 aliphatic rings. The Balaban J connectivity index is 1.06. The lowest BCUT2D eigenvalue weighted by Gasteiger charge is -2.46. The van der Waals surface area contributed by atoms with Gasteiger partial charge >= 0.3 is 0 Å². The van der Waals surface area contributed by atoms with Crippen LogP contribution >= 0.6 is 11.6 Å². The number of nitrogens with zero attached hydrogens (tertiary/aromatic N) is 2. The van der Waals surface area contributed by atoms with Crippen LogP contribution in [0.2, 0.25) is 5.02 Å². The van der Waals surface area contributed by atoms with E-state index in [2.05, 4.69) is 375 Å². The number of benzene rings is 13. The van der Waals surface area contributed by atoms with Gasteiger partial charge in [0, 0.05) is 55.6 Å². The molecule has 0 spiro atoms. The molecule has 97 heavy (non-hydrogen) atoms. The van der Waals surface area contributed by atoms with Gasteiger partial charge in [-0.2, -0.15) is 0 Å². The van der Waals surface area contributed by atoms with E-state index in [1.165, 1.54) is 55.3 Å². The first kappa shape index (κ1) is 62.5. The van der Waals surface area contributed by atoms with Crippen molar-refractivity contribution >= 4 is 68.8 Å². The van der Waals surface area contributed by atoms with Gasteiger partial charge in [0.05, 0.1) is 11.4 Å². The first-order chi connectivity index (χ1) is 46.9. The van der Waals surface area contributed by atoms with E-state index in [0.717, 1.165) is 106 Å². The van der Waals surface area contributed by atoms with Gasteiger partial charge in [-0.05, 0) is 208 Å². The first-order valence-electron chi connectivity index (χ1n) is 34.0. The number of rotatable bonds is 10. The van der Waals surface area contributed by atoms with Crippen LogP contribution in [0.1, 0.15) is 91.5 Å². The van der Waals surface area contributed by atoms with E-state index in [-0.39, 0.29) is 23.0 Å². The summed E-state index contributed by atoms with van der Waals surface area (Å²) in [5.41, 5.74) is 32.4. The number of halogens is 1. The molecule has 2 heterocycles. The van der Waals surface area contributed by atoms with Crippen molar-refractivity contribution in [1.82, 2.24) is 0 Å². The van der Waals surface area contributed by atoms with Gasteiger partial charge in [-0.15, -0.1) is 5.92 Å². The molecule has 0 amide bonds. The van der Waals surface area contributed by atoms with Crippen molar-refractivity contribution < 1.29 is 0 Å². The summed E-state index contributed by atoms with van der Waals surface area (Å²) in [6, 6.07) is 109. The molecule has 0 radical (unpaired) electrons. The van der Waals surface area contributed by atoms with Gasteiger partial charge in [-0.25, -0.2) is 0 Å². The Labute approximate surface area is 579 Å². The minimum Gasteiger partial charge on any atom is -0.310 e. The van der Waals surface area contributed by atoms with E-state index in [9.17, 15) is 0 Å². The van der Waals surface area contributed by atoms with Crippen LogP contribution in [-0.2, 0) is 16.2 Å². The standard InChI is InChI=1S/C93H78BClN2/c1-11-28-61-45-47-82-84(49-61)96(89-78(64-33-20-14-21-34-64)54-74(91(2,3)4)56-80(89)72-43-26-41-70(52-72)68-39-24-37-66(50-68)62-29-16-12-17-30-62)86-58-76(93(8,9)10)59-87-88(86)94(82)83-48-46-77(95)60-85(83)97(87)90-79(65-35-22-15-23-36-65)55-75(92(5,6)7)57-81(90)73-44-27-42-71(53-73)69-40-25-38-67(51-69)63-31-18-13-19-32-63/h12-27,29-60H,1-10H3. The van der Waals surface area contributed by atoms with Crippen LogP contribution in [-0.4, -0.2) is 6.71 Å². The minimum atomic E-state index is -0.323. The molecule has 0 saturated heterocycles. The quantitative estimate of drug-likeness (QED) is 0.0995. The molecule has 0 atom stereocenters. The smallest absolute Gasteiger partial charge is 0.252 e. The lowest BCUT2D eigenvalue weighted by atomic mass is 9.33. The third kappa shape index (κ3) is 11.8. The normalized spacial score (nSPS) is 12.5. The van der Waals surface area contributed by atoms with Crippen molar-refractivity contribution in [3.63, 3.8) is 0 Å². The van der Waals surface area contributed by atoms with Crippen LogP contribution in [0.3, 0.4) is 0 Å². The van der Waals surface area contributed by atoms with Crippen LogP contribution in [0.4, 0.5) is 34.1 Å². The molecule has 0 unspecified atom stereocenters. The Kier molecular flexibility index (Phi) is 16.0. The van der Waals surface area contributed by atoms with E-state index in [1.807, 2.05) is 6.92 Å². The number of fused-ring (bicyclic) bond motifs is 4. The fourth-order valence-electron chi connectivity index (χ4n) is 14.6. The number of hydrogen-bond acceptors (Lipinski definition) is 2. The maximum Gasteiger partial charge on any atom is 0.252 e. The third-order valence-corrected chi connectivity index (χ3v) is 19.9. The molecule has 15 rings (SSSR count). The van der Waals surface area contributed by atoms with E-state index in [1.54, 1.807) is 0 Å². The van der Waals surface area contributed by atoms with Gasteiger partial charge in [-0.1, -0.05) is 286 Å². The maximum absolute atomic E-state index is 7.53. The summed E-state index contributed by atoms with van der Waals surface area (Å²) in [5, 5.41) is 0.671. The Morgan fingerprint density at radius 2 is 0.598 bits per heavy atom. The highest BCUT2D eigenvalue weighted by atomic mass is 35.5. The second-order valence-electron chi connectivity index (χ2n) is 29.3. The average molecular weight is 1270 g/mol. The molecule has 470 valence electrons. The molecule has 0 aliphatic carbocycles. The largest absolute Gasteiger partial charge is 0.310 e. The maximum atomic E-state index is 7.53. The predicted molar refractivity (Wildman–Crippen MR) is 418 cm³/mol. The van der Waals surface area contributed by atoms with Crippen molar-refractivity contribution in [1.29, 1.82) is 0 Å². The third-order valence-electron chi connectivity index (χ3n) is 19.7. The highest BCUT2D eigenvalue weighted by molar-refractivity contribution is 7.00. The lowest BCUT2D eigenvalue weighted by Crippen LogP contribution is -2.61. The van der Waals surface area contributed by atoms with Crippen molar-refractivity contribution in [2.75, 3.05) is 9.80 Å². The molecule has 0 fully saturated rings. The second-order valence-corrected chi connectivity index (χ2v) is 29.7. The fraction of sp³-hybridized carbons (Fsp3) is 0.140. The Morgan fingerprint density at radius 3 is 0.979 bits per heavy atom. The van der Waals surface area contributed by atoms with Gasteiger partial charge in [0.1, 0.15) is 0 Å². The van der Waals surface area contributed by atoms with Crippen LogP contribution in [0, 0.1) is 11.8 Å². The highest BCUT2D eigenvalue weighted by Crippen LogP contribution is 2.55. The second kappa shape index (κ2) is 24.9. The van der Waals surface area contributed by atoms with Gasteiger partial charge in [-0.3, -0.25) is 0 Å². The Bertz CT molecular complexity index is 5250. The van der Waals surface area contributed by atoms with Crippen molar-refractivity contribution in [2.24, 2.45) is 0 Å². The number of hydrogen-bond donors (Lipinski definition) is 0. The summed E-state index contributed by atoms with van der Waals surface area (Å²) in [5.74, 6) is 6.85. The van der Waals surface area contributed by atoms with Crippen molar-refractivity contribution in [3.05, 3.63) is 318 Å². The summed E-state index contributed by atoms with van der Waals surface area (Å²) < 4.78 is 0. The van der Waals surface area contributed by atoms with Crippen LogP contribution in [0.15, 0.2) is 291 Å². The highest BCUT2D eigenvalue weighted by Gasteiger charge is 2.46. The molecule has 2 aliphatic heterocycles. The molecule has 0 saturated carbocycles. The summed E-state index contributed by atoms with van der Waals surface area (Å²) in [6.07, 6.45) is 0. The zero-order valence-electron chi connectivity index (χ0n) is 57.1. The molecule has 13 aromatic carbocycles. The van der Waals surface area contributed by atoms with Crippen LogP contribution < -0.4 is 26.2 Å². The SMILES string of the molecule is CC#Cc1ccc2c(c1)N(c1c(-c3ccccc3)cc(C(C)(C)C)cc1-c1cccc(-c3cccc(-c4ccccc4)c3)c1)c1cc(C(C)(C)C)cc3c1B2c1ccc(Cl)cc1N3c1c(-c2ccccc2)cc(C(C)(C)C)cc1-c1cccc(-c2cccc(-c3ccccc3)c2)c1. The van der Waals surface area contributed by atoms with E-state index in [0.29, 0.717) is 5.02 Å². The Morgan fingerprint density at radius 1 is 0.289 bits per heavy atom. The summed E-state index contributed by atoms with van der Waals surface area (Å²) in [7, 11) is 0. The van der Waals surface area contributed by atoms with E-state index >= 15 is 0 Å². The topological polar surface area (TPSA) is 6.48 Å². The lowest BCUT2D eigenvalue weighted by molar-refractivity contribution is 0.590.